The predicted molar refractivity (Wildman–Crippen MR) is 99.8 cm³/mol. The number of aromatic nitrogens is 1. The summed E-state index contributed by atoms with van der Waals surface area (Å²) in [5.74, 6) is -0.350. The summed E-state index contributed by atoms with van der Waals surface area (Å²) in [5, 5.41) is 5.83. The number of carbonyl (C=O) groups excluding carboxylic acids is 2. The SMILES string of the molecule is CC(C)(C)OC(=O)N1C[C@@](F)(CN=[N+]=[N-])C[C@@H]1C(=O)Nc1cccc(Br)n1. The fraction of sp³-hybridized carbons (Fsp3) is 0.562. The Hall–Kier alpha value is -2.39. The molecule has 0 saturated carbocycles. The highest BCUT2D eigenvalue weighted by atomic mass is 79.9. The van der Waals surface area contributed by atoms with Gasteiger partial charge in [-0.1, -0.05) is 11.2 Å². The van der Waals surface area contributed by atoms with Gasteiger partial charge in [0.25, 0.3) is 0 Å². The monoisotopic (exact) mass is 442 g/mol. The van der Waals surface area contributed by atoms with Gasteiger partial charge in [0.2, 0.25) is 5.91 Å². The molecular formula is C16H20BrFN6O3. The van der Waals surface area contributed by atoms with Crippen molar-refractivity contribution in [1.29, 1.82) is 0 Å². The van der Waals surface area contributed by atoms with Gasteiger partial charge in [-0.2, -0.15) is 0 Å². The number of hydrogen-bond donors (Lipinski definition) is 1. The Morgan fingerprint density at radius 2 is 2.26 bits per heavy atom. The fourth-order valence-electron chi connectivity index (χ4n) is 2.64. The number of halogens is 2. The molecule has 0 aromatic carbocycles. The first-order valence-corrected chi connectivity index (χ1v) is 8.95. The van der Waals surface area contributed by atoms with Crippen LogP contribution in [-0.4, -0.2) is 52.3 Å². The third-order valence-corrected chi connectivity index (χ3v) is 4.15. The molecule has 146 valence electrons. The summed E-state index contributed by atoms with van der Waals surface area (Å²) in [6, 6.07) is 3.80. The van der Waals surface area contributed by atoms with Gasteiger partial charge in [-0.05, 0) is 54.4 Å². The van der Waals surface area contributed by atoms with Gasteiger partial charge in [0.15, 0.2) is 0 Å². The maximum Gasteiger partial charge on any atom is 0.411 e. The molecule has 0 radical (unpaired) electrons. The van der Waals surface area contributed by atoms with Crippen LogP contribution in [0.4, 0.5) is 15.0 Å². The summed E-state index contributed by atoms with van der Waals surface area (Å²) >= 11 is 3.20. The quantitative estimate of drug-likeness (QED) is 0.329. The van der Waals surface area contributed by atoms with E-state index in [4.69, 9.17) is 10.3 Å². The molecule has 0 unspecified atom stereocenters. The molecule has 1 saturated heterocycles. The van der Waals surface area contributed by atoms with E-state index in [0.717, 1.165) is 4.90 Å². The van der Waals surface area contributed by atoms with Gasteiger partial charge in [0.05, 0.1) is 13.1 Å². The van der Waals surface area contributed by atoms with Crippen LogP contribution >= 0.6 is 15.9 Å². The van der Waals surface area contributed by atoms with Gasteiger partial charge in [-0.15, -0.1) is 0 Å². The Morgan fingerprint density at radius 3 is 2.85 bits per heavy atom. The highest BCUT2D eigenvalue weighted by Gasteiger charge is 2.50. The van der Waals surface area contributed by atoms with Crippen molar-refractivity contribution in [2.75, 3.05) is 18.4 Å². The molecule has 2 heterocycles. The summed E-state index contributed by atoms with van der Waals surface area (Å²) in [5.41, 5.74) is 5.63. The van der Waals surface area contributed by atoms with Crippen LogP contribution in [-0.2, 0) is 9.53 Å². The van der Waals surface area contributed by atoms with E-state index in [9.17, 15) is 9.59 Å². The summed E-state index contributed by atoms with van der Waals surface area (Å²) < 4.78 is 20.8. The third kappa shape index (κ3) is 5.80. The smallest absolute Gasteiger partial charge is 0.411 e. The van der Waals surface area contributed by atoms with E-state index in [1.807, 2.05) is 0 Å². The molecule has 1 fully saturated rings. The van der Waals surface area contributed by atoms with Gasteiger partial charge < -0.3 is 10.1 Å². The predicted octanol–water partition coefficient (Wildman–Crippen LogP) is 3.81. The van der Waals surface area contributed by atoms with Crippen LogP contribution in [0.2, 0.25) is 0 Å². The second kappa shape index (κ2) is 8.10. The molecule has 0 spiro atoms. The van der Waals surface area contributed by atoms with E-state index in [1.54, 1.807) is 39.0 Å². The number of anilines is 1. The van der Waals surface area contributed by atoms with Gasteiger partial charge in [-0.25, -0.2) is 14.2 Å². The Morgan fingerprint density at radius 1 is 1.56 bits per heavy atom. The first kappa shape index (κ1) is 20.9. The van der Waals surface area contributed by atoms with Crippen molar-refractivity contribution in [2.24, 2.45) is 5.11 Å². The van der Waals surface area contributed by atoms with Gasteiger partial charge in [-0.3, -0.25) is 9.69 Å². The first-order chi connectivity index (χ1) is 12.5. The standard InChI is InChI=1S/C16H20BrFN6O3/c1-15(2,3)27-14(26)24-9-16(18,8-20-23-19)7-10(24)13(25)22-12-6-4-5-11(17)21-12/h4-6,10H,7-9H2,1-3H3,(H,21,22,25)/t10-,16+/m1/s1. The number of azide groups is 1. The summed E-state index contributed by atoms with van der Waals surface area (Å²) in [4.78, 5) is 32.8. The molecule has 1 aromatic heterocycles. The lowest BCUT2D eigenvalue weighted by molar-refractivity contribution is -0.120. The maximum atomic E-state index is 15.0. The van der Waals surface area contributed by atoms with Crippen molar-refractivity contribution in [2.45, 2.75) is 44.5 Å². The Kier molecular flexibility index (Phi) is 6.27. The van der Waals surface area contributed by atoms with E-state index in [0.29, 0.717) is 4.60 Å². The van der Waals surface area contributed by atoms with Crippen molar-refractivity contribution < 1.29 is 18.7 Å². The van der Waals surface area contributed by atoms with Crippen molar-refractivity contribution >= 4 is 33.7 Å². The number of hydrogen-bond acceptors (Lipinski definition) is 5. The molecule has 2 rings (SSSR count). The second-order valence-corrected chi connectivity index (χ2v) is 8.02. The molecule has 1 N–H and O–H groups in total. The Labute approximate surface area is 164 Å². The highest BCUT2D eigenvalue weighted by molar-refractivity contribution is 9.10. The van der Waals surface area contributed by atoms with E-state index in [-0.39, 0.29) is 12.2 Å². The number of pyridine rings is 1. The Bertz CT molecular complexity index is 780. The van der Waals surface area contributed by atoms with Crippen LogP contribution in [0, 0.1) is 0 Å². The van der Waals surface area contributed by atoms with Crippen LogP contribution in [0.5, 0.6) is 0 Å². The summed E-state index contributed by atoms with van der Waals surface area (Å²) in [6.07, 6.45) is -1.13. The molecule has 1 aliphatic heterocycles. The molecule has 1 aromatic rings. The minimum Gasteiger partial charge on any atom is -0.444 e. The summed E-state index contributed by atoms with van der Waals surface area (Å²) in [7, 11) is 0. The normalized spacial score (nSPS) is 22.1. The maximum absolute atomic E-state index is 15.0. The molecule has 1 aliphatic rings. The number of rotatable bonds is 4. The molecular weight excluding hydrogens is 423 g/mol. The topological polar surface area (TPSA) is 120 Å². The van der Waals surface area contributed by atoms with E-state index >= 15 is 4.39 Å². The number of nitrogens with zero attached hydrogens (tertiary/aromatic N) is 5. The lowest BCUT2D eigenvalue weighted by Gasteiger charge is -2.28. The van der Waals surface area contributed by atoms with Crippen molar-refractivity contribution in [3.63, 3.8) is 0 Å². The fourth-order valence-corrected chi connectivity index (χ4v) is 2.99. The average molecular weight is 443 g/mol. The molecule has 11 heteroatoms. The number of amides is 2. The van der Waals surface area contributed by atoms with Gasteiger partial charge >= 0.3 is 6.09 Å². The van der Waals surface area contributed by atoms with Crippen LogP contribution in [0.15, 0.2) is 27.9 Å². The van der Waals surface area contributed by atoms with Gasteiger partial charge in [0.1, 0.15) is 27.7 Å². The van der Waals surface area contributed by atoms with E-state index < -0.39 is 42.4 Å². The molecule has 0 aliphatic carbocycles. The van der Waals surface area contributed by atoms with Crippen LogP contribution in [0.25, 0.3) is 10.4 Å². The number of likely N-dealkylation sites (tertiary alicyclic amines) is 1. The van der Waals surface area contributed by atoms with E-state index in [1.165, 1.54) is 0 Å². The zero-order valence-corrected chi connectivity index (χ0v) is 16.7. The third-order valence-electron chi connectivity index (χ3n) is 3.70. The number of carbonyl (C=O) groups is 2. The number of ether oxygens (including phenoxy) is 1. The zero-order chi connectivity index (χ0) is 20.2. The minimum absolute atomic E-state index is 0.255. The molecule has 9 nitrogen and oxygen atoms in total. The lowest BCUT2D eigenvalue weighted by Crippen LogP contribution is -2.45. The second-order valence-electron chi connectivity index (χ2n) is 7.20. The largest absolute Gasteiger partial charge is 0.444 e. The van der Waals surface area contributed by atoms with Gasteiger partial charge in [0, 0.05) is 11.3 Å². The number of nitrogens with one attached hydrogen (secondary N) is 1. The molecule has 2 amide bonds. The summed E-state index contributed by atoms with van der Waals surface area (Å²) in [6.45, 7) is 4.12. The van der Waals surface area contributed by atoms with Crippen LogP contribution in [0.3, 0.4) is 0 Å². The average Bonchev–Trinajstić information content (AvgIpc) is 2.90. The van der Waals surface area contributed by atoms with Crippen molar-refractivity contribution in [3.05, 3.63) is 33.2 Å². The minimum atomic E-state index is -2.02. The first-order valence-electron chi connectivity index (χ1n) is 8.16. The molecule has 2 atom stereocenters. The lowest BCUT2D eigenvalue weighted by atomic mass is 10.0. The van der Waals surface area contributed by atoms with Crippen LogP contribution in [0.1, 0.15) is 27.2 Å². The van der Waals surface area contributed by atoms with Crippen molar-refractivity contribution in [3.8, 4) is 0 Å². The van der Waals surface area contributed by atoms with Crippen molar-refractivity contribution in [1.82, 2.24) is 9.88 Å². The Balaban J connectivity index is 2.23. The zero-order valence-electron chi connectivity index (χ0n) is 15.1. The highest BCUT2D eigenvalue weighted by Crippen LogP contribution is 2.33. The number of alkyl halides is 1. The molecule has 0 bridgehead atoms. The van der Waals surface area contributed by atoms with E-state index in [2.05, 4.69) is 36.3 Å². The van der Waals surface area contributed by atoms with Crippen LogP contribution < -0.4 is 5.32 Å². The molecule has 27 heavy (non-hydrogen) atoms.